The molecule has 0 unspecified atom stereocenters. The minimum atomic E-state index is -2.72. The number of nitrogens with zero attached hydrogens (tertiary/aromatic N) is 5. The summed E-state index contributed by atoms with van der Waals surface area (Å²) in [7, 11) is 0. The first-order valence-corrected chi connectivity index (χ1v) is 11.4. The van der Waals surface area contributed by atoms with E-state index in [0.717, 1.165) is 23.9 Å². The van der Waals surface area contributed by atoms with Crippen LogP contribution in [0.25, 0.3) is 5.69 Å². The van der Waals surface area contributed by atoms with Gasteiger partial charge in [-0.1, -0.05) is 5.16 Å². The number of carbonyl (C=O) groups excluding carboxylic acids is 1. The fraction of sp³-hybridized carbons (Fsp3) is 0.435. The van der Waals surface area contributed by atoms with Crippen molar-refractivity contribution in [2.75, 3.05) is 29.9 Å². The van der Waals surface area contributed by atoms with E-state index in [1.54, 1.807) is 25.1 Å². The number of carbonyl (C=O) groups is 1. The molecule has 0 spiro atoms. The van der Waals surface area contributed by atoms with Gasteiger partial charge in [-0.05, 0) is 50.3 Å². The fourth-order valence-corrected chi connectivity index (χ4v) is 4.42. The Balaban J connectivity index is 1.15. The topological polar surface area (TPSA) is 118 Å². The molecule has 3 aromatic heterocycles. The van der Waals surface area contributed by atoms with Gasteiger partial charge in [0, 0.05) is 24.7 Å². The third-order valence-electron chi connectivity index (χ3n) is 6.24. The average Bonchev–Trinajstić information content (AvgIpc) is 3.46. The van der Waals surface area contributed by atoms with Gasteiger partial charge in [0.05, 0.1) is 30.7 Å². The molecule has 4 heterocycles. The molecule has 35 heavy (non-hydrogen) atoms. The normalized spacial score (nSPS) is 20.9. The van der Waals surface area contributed by atoms with Crippen molar-refractivity contribution in [2.24, 2.45) is 5.92 Å². The maximum absolute atomic E-state index is 13.2. The van der Waals surface area contributed by atoms with Gasteiger partial charge >= 0.3 is 0 Å². The van der Waals surface area contributed by atoms with E-state index in [4.69, 9.17) is 4.52 Å². The van der Waals surface area contributed by atoms with Crippen LogP contribution in [-0.4, -0.2) is 57.4 Å². The zero-order valence-electron chi connectivity index (χ0n) is 19.1. The fourth-order valence-electron chi connectivity index (χ4n) is 4.42. The second-order valence-corrected chi connectivity index (χ2v) is 9.12. The van der Waals surface area contributed by atoms with Gasteiger partial charge in [-0.25, -0.2) is 13.8 Å². The first kappa shape index (κ1) is 22.9. The van der Waals surface area contributed by atoms with Crippen molar-refractivity contribution in [1.29, 1.82) is 0 Å². The van der Waals surface area contributed by atoms with E-state index in [2.05, 4.69) is 25.9 Å². The number of halogens is 2. The average molecular weight is 485 g/mol. The third kappa shape index (κ3) is 5.15. The maximum atomic E-state index is 13.2. The van der Waals surface area contributed by atoms with Crippen molar-refractivity contribution in [1.82, 2.24) is 25.2 Å². The summed E-state index contributed by atoms with van der Waals surface area (Å²) in [5, 5.41) is 14.2. The second-order valence-electron chi connectivity index (χ2n) is 9.12. The number of hydrogen-bond donors (Lipinski definition) is 2. The molecule has 0 aromatic carbocycles. The molecule has 0 radical (unpaired) electrons. The molecule has 0 bridgehead atoms. The molecule has 2 atom stereocenters. The molecule has 1 aliphatic heterocycles. The quantitative estimate of drug-likeness (QED) is 0.524. The molecule has 1 saturated carbocycles. The number of amides is 1. The summed E-state index contributed by atoms with van der Waals surface area (Å²) in [6.07, 6.45) is 4.31. The molecule has 10 nitrogen and oxygen atoms in total. The highest BCUT2D eigenvalue weighted by molar-refractivity contribution is 5.91. The number of pyridine rings is 1. The standard InChI is InChI=1S/C23H25F2N7O3/c1-14-8-18(35-30-14)22(34)27-10-15-2-3-16(9-15)28-19-5-4-17(11-26-19)32-21(33)7-6-20(29-32)31-12-23(24,25)13-31/h4-8,11,15-16H,2-3,9-10,12-13H2,1H3,(H,26,28)(H,27,34)/t15-,16+/m0/s1. The Hall–Kier alpha value is -3.83. The van der Waals surface area contributed by atoms with E-state index < -0.39 is 19.0 Å². The number of aryl methyl sites for hydroxylation is 1. The molecular weight excluding hydrogens is 460 g/mol. The predicted octanol–water partition coefficient (Wildman–Crippen LogP) is 2.39. The van der Waals surface area contributed by atoms with Crippen LogP contribution >= 0.6 is 0 Å². The summed E-state index contributed by atoms with van der Waals surface area (Å²) in [5.41, 5.74) is 0.738. The smallest absolute Gasteiger partial charge is 0.289 e. The Kier molecular flexibility index (Phi) is 5.95. The highest BCUT2D eigenvalue weighted by Gasteiger charge is 2.44. The lowest BCUT2D eigenvalue weighted by molar-refractivity contribution is -0.0268. The Morgan fingerprint density at radius 2 is 2.06 bits per heavy atom. The monoisotopic (exact) mass is 485 g/mol. The van der Waals surface area contributed by atoms with E-state index in [-0.39, 0.29) is 23.3 Å². The lowest BCUT2D eigenvalue weighted by Crippen LogP contribution is -2.57. The maximum Gasteiger partial charge on any atom is 0.289 e. The SMILES string of the molecule is Cc1cc(C(=O)NC[C@H]2CC[C@@H](Nc3ccc(-n4nc(N5CC(F)(F)C5)ccc4=O)cn3)C2)on1. The molecular formula is C23H25F2N7O3. The van der Waals surface area contributed by atoms with Crippen LogP contribution in [-0.2, 0) is 0 Å². The van der Waals surface area contributed by atoms with E-state index in [1.807, 2.05) is 0 Å². The van der Waals surface area contributed by atoms with Gasteiger partial charge in [-0.3, -0.25) is 9.59 Å². The van der Waals surface area contributed by atoms with Crippen molar-refractivity contribution in [2.45, 2.75) is 38.2 Å². The largest absolute Gasteiger partial charge is 0.367 e. The van der Waals surface area contributed by atoms with Crippen LogP contribution < -0.4 is 21.1 Å². The van der Waals surface area contributed by atoms with Gasteiger partial charge in [-0.15, -0.1) is 5.10 Å². The lowest BCUT2D eigenvalue weighted by atomic mass is 10.1. The number of alkyl halides is 2. The number of anilines is 2. The zero-order chi connectivity index (χ0) is 24.6. The molecule has 1 saturated heterocycles. The van der Waals surface area contributed by atoms with E-state index in [1.165, 1.54) is 23.2 Å². The van der Waals surface area contributed by atoms with Crippen molar-refractivity contribution in [3.63, 3.8) is 0 Å². The predicted molar refractivity (Wildman–Crippen MR) is 123 cm³/mol. The van der Waals surface area contributed by atoms with Crippen molar-refractivity contribution in [3.05, 3.63) is 58.3 Å². The van der Waals surface area contributed by atoms with Crippen LogP contribution in [0.2, 0.25) is 0 Å². The highest BCUT2D eigenvalue weighted by atomic mass is 19.3. The Morgan fingerprint density at radius 1 is 1.23 bits per heavy atom. The molecule has 2 fully saturated rings. The van der Waals surface area contributed by atoms with Crippen LogP contribution in [0.1, 0.15) is 35.5 Å². The summed E-state index contributed by atoms with van der Waals surface area (Å²) in [5.74, 6) is -1.47. The Morgan fingerprint density at radius 3 is 2.74 bits per heavy atom. The summed E-state index contributed by atoms with van der Waals surface area (Å²) in [4.78, 5) is 30.2. The van der Waals surface area contributed by atoms with Crippen LogP contribution in [0.15, 0.2) is 45.8 Å². The molecule has 2 aliphatic rings. The second kappa shape index (κ2) is 9.08. The number of aromatic nitrogens is 4. The molecule has 1 amide bonds. The number of rotatable bonds is 7. The summed E-state index contributed by atoms with van der Waals surface area (Å²) < 4.78 is 32.5. The Bertz CT molecular complexity index is 1270. The van der Waals surface area contributed by atoms with Crippen LogP contribution in [0.5, 0.6) is 0 Å². The summed E-state index contributed by atoms with van der Waals surface area (Å²) in [6, 6.07) is 8.04. The van der Waals surface area contributed by atoms with Gasteiger partial charge < -0.3 is 20.1 Å². The van der Waals surface area contributed by atoms with E-state index in [0.29, 0.717) is 35.5 Å². The number of nitrogens with one attached hydrogen (secondary N) is 2. The zero-order valence-corrected chi connectivity index (χ0v) is 19.1. The minimum absolute atomic E-state index is 0.208. The van der Waals surface area contributed by atoms with Crippen LogP contribution in [0, 0.1) is 12.8 Å². The van der Waals surface area contributed by atoms with Crippen molar-refractivity contribution < 1.29 is 18.1 Å². The highest BCUT2D eigenvalue weighted by Crippen LogP contribution is 2.30. The molecule has 2 N–H and O–H groups in total. The van der Waals surface area contributed by atoms with E-state index in [9.17, 15) is 18.4 Å². The summed E-state index contributed by atoms with van der Waals surface area (Å²) in [6.45, 7) is 1.49. The third-order valence-corrected chi connectivity index (χ3v) is 6.24. The molecule has 3 aromatic rings. The first-order valence-electron chi connectivity index (χ1n) is 11.4. The minimum Gasteiger partial charge on any atom is -0.367 e. The molecule has 12 heteroatoms. The summed E-state index contributed by atoms with van der Waals surface area (Å²) >= 11 is 0. The van der Waals surface area contributed by atoms with Gasteiger partial charge in [0.25, 0.3) is 17.4 Å². The van der Waals surface area contributed by atoms with Gasteiger partial charge in [-0.2, -0.15) is 4.68 Å². The first-order chi connectivity index (χ1) is 16.8. The number of hydrogen-bond acceptors (Lipinski definition) is 8. The van der Waals surface area contributed by atoms with Gasteiger partial charge in [0.1, 0.15) is 11.6 Å². The van der Waals surface area contributed by atoms with Gasteiger partial charge in [0.2, 0.25) is 5.76 Å². The molecule has 1 aliphatic carbocycles. The van der Waals surface area contributed by atoms with E-state index >= 15 is 0 Å². The van der Waals surface area contributed by atoms with Crippen LogP contribution in [0.3, 0.4) is 0 Å². The molecule has 5 rings (SSSR count). The van der Waals surface area contributed by atoms with Crippen LogP contribution in [0.4, 0.5) is 20.4 Å². The van der Waals surface area contributed by atoms with Crippen molar-refractivity contribution in [3.8, 4) is 5.69 Å². The van der Waals surface area contributed by atoms with Gasteiger partial charge in [0.15, 0.2) is 0 Å². The molecule has 184 valence electrons. The van der Waals surface area contributed by atoms with Crippen molar-refractivity contribution >= 4 is 17.5 Å². The lowest BCUT2D eigenvalue weighted by Gasteiger charge is -2.39. The Labute approximate surface area is 199 Å².